The molecule has 0 heterocycles. The zero-order valence-electron chi connectivity index (χ0n) is 8.28. The first kappa shape index (κ1) is 17.8. The Labute approximate surface area is 95.5 Å². The third-order valence-electron chi connectivity index (χ3n) is 0.816. The first-order chi connectivity index (χ1) is 4.54. The maximum Gasteiger partial charge on any atom is 0.0685 e. The van der Waals surface area contributed by atoms with Gasteiger partial charge in [0.2, 0.25) is 0 Å². The van der Waals surface area contributed by atoms with Gasteiger partial charge in [-0.15, -0.1) is 24.6 Å². The van der Waals surface area contributed by atoms with Gasteiger partial charge in [-0.05, 0) is 0 Å². The molecule has 0 N–H and O–H groups in total. The second-order valence-corrected chi connectivity index (χ2v) is 7.69. The van der Waals surface area contributed by atoms with E-state index in [2.05, 4.69) is 39.3 Å². The molecule has 2 radical (unpaired) electrons. The van der Waals surface area contributed by atoms with Gasteiger partial charge in [0.1, 0.15) is 0 Å². The summed E-state index contributed by atoms with van der Waals surface area (Å²) in [4.78, 5) is 0. The molecule has 3 heteroatoms. The molecule has 0 rings (SSSR count). The summed E-state index contributed by atoms with van der Waals surface area (Å²) in [5.41, 5.74) is 4.04. The summed E-state index contributed by atoms with van der Waals surface area (Å²) in [6.45, 7) is 16.0. The molecule has 0 aliphatic heterocycles. The molecule has 0 saturated carbocycles. The summed E-state index contributed by atoms with van der Waals surface area (Å²) in [7, 11) is -0.220. The minimum Gasteiger partial charge on any atom is -0.107 e. The first-order valence-corrected chi connectivity index (χ1v) is 8.55. The van der Waals surface area contributed by atoms with Crippen LogP contribution in [0.4, 0.5) is 0 Å². The van der Waals surface area contributed by atoms with Gasteiger partial charge in [0.25, 0.3) is 0 Å². The van der Waals surface area contributed by atoms with Crippen molar-refractivity contribution in [1.29, 1.82) is 0 Å². The van der Waals surface area contributed by atoms with E-state index in [-0.39, 0.29) is 45.3 Å². The Morgan fingerprint density at radius 1 is 0.818 bits per heavy atom. The molecular formula is C8H18HgSi2. The van der Waals surface area contributed by atoms with Crippen LogP contribution in [0.25, 0.3) is 0 Å². The number of hydrogen-bond acceptors (Lipinski definition) is 0. The van der Waals surface area contributed by atoms with Crippen LogP contribution in [0.15, 0.2) is 24.6 Å². The molecule has 60 valence electrons. The van der Waals surface area contributed by atoms with Gasteiger partial charge in [-0.25, -0.2) is 0 Å². The average molecular weight is 371 g/mol. The van der Waals surface area contributed by atoms with Crippen LogP contribution < -0.4 is 0 Å². The Morgan fingerprint density at radius 3 is 0.909 bits per heavy atom. The second-order valence-electron chi connectivity index (χ2n) is 2.56. The largest absolute Gasteiger partial charge is 0.107 e. The minimum absolute atomic E-state index is 0. The molecule has 0 spiro atoms. The molecule has 0 aromatic carbocycles. The zero-order chi connectivity index (χ0) is 8.57. The van der Waals surface area contributed by atoms with Crippen LogP contribution in [0.5, 0.6) is 0 Å². The van der Waals surface area contributed by atoms with Gasteiger partial charge < -0.3 is 0 Å². The standard InChI is InChI=1S/2C4H9Si.Hg/c2*1-4-5(2)3;/h2*4H,1H2,2-3H3;. The van der Waals surface area contributed by atoms with E-state index in [1.165, 1.54) is 0 Å². The molecule has 0 bridgehead atoms. The topological polar surface area (TPSA) is 0 Å². The third-order valence-corrected chi connectivity index (χ3v) is 2.45. The van der Waals surface area contributed by atoms with Crippen molar-refractivity contribution in [3.8, 4) is 0 Å². The molecule has 0 saturated heterocycles. The summed E-state index contributed by atoms with van der Waals surface area (Å²) in [6.07, 6.45) is 0. The Kier molecular flexibility index (Phi) is 21.8. The molecule has 11 heavy (non-hydrogen) atoms. The van der Waals surface area contributed by atoms with E-state index in [9.17, 15) is 0 Å². The molecule has 0 aliphatic rings. The Bertz CT molecular complexity index is 78.1. The SMILES string of the molecule is C=C[Si](C)C.C=C[Si](C)C.[Hg]. The fourth-order valence-corrected chi connectivity index (χ4v) is 0. The quantitative estimate of drug-likeness (QED) is 0.655. The van der Waals surface area contributed by atoms with E-state index in [0.29, 0.717) is 0 Å². The zero-order valence-corrected chi connectivity index (χ0v) is 15.8. The van der Waals surface area contributed by atoms with Gasteiger partial charge in [0.15, 0.2) is 0 Å². The summed E-state index contributed by atoms with van der Waals surface area (Å²) in [6, 6.07) is 0. The predicted octanol–water partition coefficient (Wildman–Crippen LogP) is 2.93. The average Bonchev–Trinajstić information content (AvgIpc) is 1.89. The fraction of sp³-hybridized carbons (Fsp3) is 0.500. The maximum absolute atomic E-state index is 3.61. The summed E-state index contributed by atoms with van der Waals surface area (Å²) in [5.74, 6) is 0. The summed E-state index contributed by atoms with van der Waals surface area (Å²) < 4.78 is 0. The van der Waals surface area contributed by atoms with E-state index >= 15 is 0 Å². The van der Waals surface area contributed by atoms with Crippen LogP contribution in [-0.2, 0) is 27.7 Å². The van der Waals surface area contributed by atoms with E-state index in [1.54, 1.807) is 0 Å². The Morgan fingerprint density at radius 2 is 0.909 bits per heavy atom. The van der Waals surface area contributed by atoms with Crippen molar-refractivity contribution < 1.29 is 27.7 Å². The van der Waals surface area contributed by atoms with Crippen LogP contribution >= 0.6 is 0 Å². The Balaban J connectivity index is -0.000000107. The van der Waals surface area contributed by atoms with Crippen molar-refractivity contribution in [3.05, 3.63) is 24.6 Å². The van der Waals surface area contributed by atoms with Crippen LogP contribution in [-0.4, -0.2) is 17.6 Å². The predicted molar refractivity (Wildman–Crippen MR) is 55.4 cm³/mol. The molecule has 0 aliphatic carbocycles. The molecule has 0 aromatic rings. The molecule has 0 aromatic heterocycles. The minimum atomic E-state index is -0.110. The van der Waals surface area contributed by atoms with E-state index < -0.39 is 0 Å². The molecule has 0 atom stereocenters. The van der Waals surface area contributed by atoms with Crippen molar-refractivity contribution in [2.75, 3.05) is 0 Å². The van der Waals surface area contributed by atoms with E-state index in [1.807, 2.05) is 11.4 Å². The van der Waals surface area contributed by atoms with Crippen LogP contribution in [0.2, 0.25) is 26.2 Å². The van der Waals surface area contributed by atoms with Gasteiger partial charge in [-0.2, -0.15) is 0 Å². The summed E-state index contributed by atoms with van der Waals surface area (Å²) >= 11 is 0. The van der Waals surface area contributed by atoms with Gasteiger partial charge in [0, 0.05) is 27.7 Å². The second kappa shape index (κ2) is 13.4. The number of hydrogen-bond donors (Lipinski definition) is 0. The molecular weight excluding hydrogens is 353 g/mol. The normalized spacial score (nSPS) is 7.82. The molecule has 0 unspecified atom stereocenters. The van der Waals surface area contributed by atoms with E-state index in [0.717, 1.165) is 0 Å². The van der Waals surface area contributed by atoms with Crippen LogP contribution in [0.3, 0.4) is 0 Å². The smallest absolute Gasteiger partial charge is 0.0685 e. The van der Waals surface area contributed by atoms with Crippen molar-refractivity contribution in [1.82, 2.24) is 0 Å². The monoisotopic (exact) mass is 372 g/mol. The van der Waals surface area contributed by atoms with E-state index in [4.69, 9.17) is 0 Å². The molecule has 0 amide bonds. The molecule has 0 nitrogen and oxygen atoms in total. The van der Waals surface area contributed by atoms with Gasteiger partial charge >= 0.3 is 0 Å². The van der Waals surface area contributed by atoms with Crippen LogP contribution in [0.1, 0.15) is 0 Å². The third kappa shape index (κ3) is 36.1. The summed E-state index contributed by atoms with van der Waals surface area (Å²) in [5, 5.41) is 0. The van der Waals surface area contributed by atoms with Gasteiger partial charge in [-0.3, -0.25) is 0 Å². The van der Waals surface area contributed by atoms with Crippen molar-refractivity contribution >= 4 is 17.6 Å². The molecule has 0 fully saturated rings. The first-order valence-electron chi connectivity index (χ1n) is 3.39. The van der Waals surface area contributed by atoms with Crippen molar-refractivity contribution in [2.24, 2.45) is 0 Å². The van der Waals surface area contributed by atoms with Crippen LogP contribution in [0, 0.1) is 0 Å². The van der Waals surface area contributed by atoms with Gasteiger partial charge in [-0.1, -0.05) is 26.2 Å². The Hall–Kier alpha value is 0.849. The fourth-order valence-electron chi connectivity index (χ4n) is 0. The van der Waals surface area contributed by atoms with Crippen molar-refractivity contribution in [3.63, 3.8) is 0 Å². The van der Waals surface area contributed by atoms with Crippen molar-refractivity contribution in [2.45, 2.75) is 26.2 Å². The van der Waals surface area contributed by atoms with Gasteiger partial charge in [0.05, 0.1) is 17.6 Å². The number of rotatable bonds is 2. The maximum atomic E-state index is 3.61.